The highest BCUT2D eigenvalue weighted by molar-refractivity contribution is 5.85. The van der Waals surface area contributed by atoms with E-state index in [1.54, 1.807) is 12.7 Å². The molecule has 3 heterocycles. The molecule has 1 aliphatic heterocycles. The monoisotopic (exact) mass is 251 g/mol. The van der Waals surface area contributed by atoms with Crippen molar-refractivity contribution >= 4 is 16.9 Å². The number of aromatic nitrogens is 4. The lowest BCUT2D eigenvalue weighted by molar-refractivity contribution is 0.697. The van der Waals surface area contributed by atoms with E-state index in [-0.39, 0.29) is 0 Å². The Morgan fingerprint density at radius 2 is 1.95 bits per heavy atom. The topological polar surface area (TPSA) is 57.7 Å². The van der Waals surface area contributed by atoms with Gasteiger partial charge in [-0.2, -0.15) is 0 Å². The molecule has 0 amide bonds. The van der Waals surface area contributed by atoms with Crippen LogP contribution in [0, 0.1) is 0 Å². The van der Waals surface area contributed by atoms with Crippen LogP contribution >= 0.6 is 0 Å². The summed E-state index contributed by atoms with van der Waals surface area (Å²) in [5, 5.41) is 1.34. The molecule has 19 heavy (non-hydrogen) atoms. The highest BCUT2D eigenvalue weighted by Crippen LogP contribution is 2.28. The number of aromatic amines is 1. The smallest absolute Gasteiger partial charge is 0.228 e. The lowest BCUT2D eigenvalue weighted by atomic mass is 10.0. The molecular weight excluding hydrogens is 238 g/mol. The van der Waals surface area contributed by atoms with E-state index in [1.165, 1.54) is 22.2 Å². The second-order valence-electron chi connectivity index (χ2n) is 4.74. The molecular formula is C14H13N5. The van der Waals surface area contributed by atoms with E-state index in [1.807, 2.05) is 0 Å². The molecule has 0 atom stereocenters. The van der Waals surface area contributed by atoms with Gasteiger partial charge in [-0.1, -0.05) is 18.2 Å². The normalized spacial score (nSPS) is 14.6. The van der Waals surface area contributed by atoms with Gasteiger partial charge in [-0.25, -0.2) is 15.0 Å². The van der Waals surface area contributed by atoms with Gasteiger partial charge in [0.2, 0.25) is 5.95 Å². The molecule has 2 aromatic heterocycles. The molecule has 1 N–H and O–H groups in total. The summed E-state index contributed by atoms with van der Waals surface area (Å²) in [7, 11) is 0. The van der Waals surface area contributed by atoms with Crippen LogP contribution in [0.4, 0.5) is 5.95 Å². The summed E-state index contributed by atoms with van der Waals surface area (Å²) in [6.45, 7) is 1.77. The highest BCUT2D eigenvalue weighted by Gasteiger charge is 2.21. The van der Waals surface area contributed by atoms with E-state index in [0.717, 1.165) is 25.5 Å². The molecule has 1 aromatic carbocycles. The fourth-order valence-corrected chi connectivity index (χ4v) is 2.76. The molecule has 0 aliphatic carbocycles. The average Bonchev–Trinajstić information content (AvgIpc) is 2.86. The summed E-state index contributed by atoms with van der Waals surface area (Å²) >= 11 is 0. The van der Waals surface area contributed by atoms with Crippen molar-refractivity contribution in [2.45, 2.75) is 13.0 Å². The minimum Gasteiger partial charge on any atom is -0.357 e. The number of nitrogens with zero attached hydrogens (tertiary/aromatic N) is 4. The van der Waals surface area contributed by atoms with Gasteiger partial charge in [0.25, 0.3) is 0 Å². The Morgan fingerprint density at radius 3 is 2.84 bits per heavy atom. The van der Waals surface area contributed by atoms with Crippen LogP contribution in [0.5, 0.6) is 0 Å². The molecule has 1 aliphatic rings. The zero-order chi connectivity index (χ0) is 12.7. The lowest BCUT2D eigenvalue weighted by Gasteiger charge is -2.26. The second-order valence-corrected chi connectivity index (χ2v) is 4.74. The van der Waals surface area contributed by atoms with Gasteiger partial charge in [-0.3, -0.25) is 0 Å². The summed E-state index contributed by atoms with van der Waals surface area (Å²) in [5.41, 5.74) is 3.92. The Hall–Kier alpha value is -2.43. The van der Waals surface area contributed by atoms with E-state index in [2.05, 4.69) is 49.1 Å². The Kier molecular flexibility index (Phi) is 2.24. The Bertz CT molecular complexity index is 719. The minimum absolute atomic E-state index is 0.749. The van der Waals surface area contributed by atoms with Crippen molar-refractivity contribution in [1.29, 1.82) is 0 Å². The molecule has 0 saturated heterocycles. The first-order chi connectivity index (χ1) is 9.42. The maximum Gasteiger partial charge on any atom is 0.228 e. The first-order valence-electron chi connectivity index (χ1n) is 6.37. The van der Waals surface area contributed by atoms with Crippen LogP contribution in [0.2, 0.25) is 0 Å². The molecule has 0 unspecified atom stereocenters. The molecule has 0 bridgehead atoms. The first-order valence-corrected chi connectivity index (χ1v) is 6.37. The Morgan fingerprint density at radius 1 is 1.11 bits per heavy atom. The Balaban J connectivity index is 1.74. The van der Waals surface area contributed by atoms with Crippen LogP contribution in [-0.4, -0.2) is 26.5 Å². The predicted molar refractivity (Wildman–Crippen MR) is 72.9 cm³/mol. The third-order valence-corrected chi connectivity index (χ3v) is 3.65. The molecule has 5 nitrogen and oxygen atoms in total. The lowest BCUT2D eigenvalue weighted by Crippen LogP contribution is -2.31. The quantitative estimate of drug-likeness (QED) is 0.718. The molecule has 3 aromatic rings. The van der Waals surface area contributed by atoms with Gasteiger partial charge in [-0.05, 0) is 18.1 Å². The van der Waals surface area contributed by atoms with Gasteiger partial charge in [0.1, 0.15) is 12.7 Å². The number of anilines is 1. The van der Waals surface area contributed by atoms with Crippen molar-refractivity contribution in [2.24, 2.45) is 0 Å². The van der Waals surface area contributed by atoms with Crippen LogP contribution < -0.4 is 4.90 Å². The summed E-state index contributed by atoms with van der Waals surface area (Å²) in [6.07, 6.45) is 4.11. The molecule has 0 radical (unpaired) electrons. The maximum atomic E-state index is 4.22. The SMILES string of the molecule is c1ccc2c3c([nH]c2c1)CN(c1ncncn1)CC3. The molecule has 94 valence electrons. The zero-order valence-electron chi connectivity index (χ0n) is 10.4. The predicted octanol–water partition coefficient (Wildman–Crippen LogP) is 1.92. The van der Waals surface area contributed by atoms with Gasteiger partial charge < -0.3 is 9.88 Å². The largest absolute Gasteiger partial charge is 0.357 e. The number of H-pyrrole nitrogens is 1. The van der Waals surface area contributed by atoms with Crippen LogP contribution in [0.1, 0.15) is 11.3 Å². The van der Waals surface area contributed by atoms with Crippen LogP contribution in [0.3, 0.4) is 0 Å². The van der Waals surface area contributed by atoms with E-state index >= 15 is 0 Å². The van der Waals surface area contributed by atoms with Gasteiger partial charge >= 0.3 is 0 Å². The first kappa shape index (κ1) is 10.5. The number of para-hydroxylation sites is 1. The standard InChI is InChI=1S/C14H13N5/c1-2-4-12-10(3-1)11-5-6-19(7-13(11)18-12)14-16-8-15-9-17-14/h1-4,8-9,18H,5-7H2. The van der Waals surface area contributed by atoms with Crippen molar-refractivity contribution < 1.29 is 0 Å². The van der Waals surface area contributed by atoms with Gasteiger partial charge in [0.05, 0.1) is 6.54 Å². The number of hydrogen-bond donors (Lipinski definition) is 1. The van der Waals surface area contributed by atoms with E-state index in [9.17, 15) is 0 Å². The van der Waals surface area contributed by atoms with Gasteiger partial charge in [0.15, 0.2) is 0 Å². The van der Waals surface area contributed by atoms with Crippen LogP contribution in [0.25, 0.3) is 10.9 Å². The molecule has 0 fully saturated rings. The highest BCUT2D eigenvalue weighted by atomic mass is 15.3. The summed E-state index contributed by atoms with van der Waals surface area (Å²) in [4.78, 5) is 18.0. The fourth-order valence-electron chi connectivity index (χ4n) is 2.76. The number of rotatable bonds is 1. The van der Waals surface area contributed by atoms with E-state index < -0.39 is 0 Å². The van der Waals surface area contributed by atoms with Crippen molar-refractivity contribution in [1.82, 2.24) is 19.9 Å². The third kappa shape index (κ3) is 1.66. The second kappa shape index (κ2) is 4.05. The molecule has 5 heteroatoms. The number of hydrogen-bond acceptors (Lipinski definition) is 4. The molecule has 0 spiro atoms. The van der Waals surface area contributed by atoms with Gasteiger partial charge in [0, 0.05) is 23.1 Å². The third-order valence-electron chi connectivity index (χ3n) is 3.65. The Labute approximate surface area is 110 Å². The van der Waals surface area contributed by atoms with Crippen molar-refractivity contribution in [2.75, 3.05) is 11.4 Å². The number of benzene rings is 1. The minimum atomic E-state index is 0.749. The van der Waals surface area contributed by atoms with Gasteiger partial charge in [-0.15, -0.1) is 0 Å². The van der Waals surface area contributed by atoms with Crippen LogP contribution in [0.15, 0.2) is 36.9 Å². The fraction of sp³-hybridized carbons (Fsp3) is 0.214. The summed E-state index contributed by atoms with van der Waals surface area (Å²) in [6, 6.07) is 8.47. The van der Waals surface area contributed by atoms with Crippen molar-refractivity contribution in [3.63, 3.8) is 0 Å². The molecule has 4 rings (SSSR count). The summed E-state index contributed by atoms with van der Waals surface area (Å²) in [5.74, 6) is 0.749. The molecule has 0 saturated carbocycles. The number of fused-ring (bicyclic) bond motifs is 3. The number of nitrogens with one attached hydrogen (secondary N) is 1. The van der Waals surface area contributed by atoms with E-state index in [4.69, 9.17) is 0 Å². The van der Waals surface area contributed by atoms with E-state index in [0.29, 0.717) is 0 Å². The zero-order valence-corrected chi connectivity index (χ0v) is 10.4. The van der Waals surface area contributed by atoms with Crippen molar-refractivity contribution in [3.8, 4) is 0 Å². The maximum absolute atomic E-state index is 4.22. The van der Waals surface area contributed by atoms with Crippen LogP contribution in [-0.2, 0) is 13.0 Å². The average molecular weight is 251 g/mol. The summed E-state index contributed by atoms with van der Waals surface area (Å²) < 4.78 is 0. The van der Waals surface area contributed by atoms with Crippen molar-refractivity contribution in [3.05, 3.63) is 48.2 Å².